The van der Waals surface area contributed by atoms with Crippen LogP contribution in [0.15, 0.2) is 12.3 Å². The number of hydrogen-bond acceptors (Lipinski definition) is 9. The minimum absolute atomic E-state index is 0.141. The van der Waals surface area contributed by atoms with Gasteiger partial charge in [-0.2, -0.15) is 0 Å². The molecule has 0 spiro atoms. The maximum Gasteiger partial charge on any atom is 0.251 e. The van der Waals surface area contributed by atoms with Crippen molar-refractivity contribution in [1.82, 2.24) is 15.3 Å². The van der Waals surface area contributed by atoms with Crippen LogP contribution in [-0.2, 0) is 28.4 Å². The predicted octanol–water partition coefficient (Wildman–Crippen LogP) is 3.88. The van der Waals surface area contributed by atoms with Gasteiger partial charge in [-0.3, -0.25) is 20.0 Å². The number of carbonyl (C=O) groups is 3. The first-order valence-electron chi connectivity index (χ1n) is 11.6. The third-order valence-electron chi connectivity index (χ3n) is 4.42. The maximum atomic E-state index is 10.8. The molecule has 9 nitrogen and oxygen atoms in total. The van der Waals surface area contributed by atoms with Crippen LogP contribution in [0.4, 0.5) is 0 Å². The highest BCUT2D eigenvalue weighted by molar-refractivity contribution is 8.54. The summed E-state index contributed by atoms with van der Waals surface area (Å²) in [5.41, 5.74) is 0. The van der Waals surface area contributed by atoms with Gasteiger partial charge in [-0.05, 0) is 40.0 Å². The van der Waals surface area contributed by atoms with Crippen LogP contribution in [0, 0.1) is 0 Å². The molecule has 0 aromatic carbocycles. The van der Waals surface area contributed by atoms with Crippen molar-refractivity contribution >= 4 is 37.5 Å². The Morgan fingerprint density at radius 2 is 1.74 bits per heavy atom. The Kier molecular flexibility index (Phi) is 24.5. The van der Waals surface area contributed by atoms with Crippen molar-refractivity contribution in [3.8, 4) is 0 Å². The first-order valence-corrected chi connectivity index (χ1v) is 14.3. The third kappa shape index (κ3) is 22.7. The number of rotatable bonds is 14. The molecule has 2 N–H and O–H groups in total. The lowest BCUT2D eigenvalue weighted by Gasteiger charge is -2.24. The van der Waals surface area contributed by atoms with E-state index in [1.807, 2.05) is 37.5 Å². The Bertz CT molecular complexity index is 545. The van der Waals surface area contributed by atoms with E-state index in [1.165, 1.54) is 31.8 Å². The number of hydrogen-bond donors (Lipinski definition) is 2. The van der Waals surface area contributed by atoms with Gasteiger partial charge in [0.1, 0.15) is 6.29 Å². The van der Waals surface area contributed by atoms with E-state index in [-0.39, 0.29) is 12.1 Å². The molecule has 2 amide bonds. The van der Waals surface area contributed by atoms with Crippen LogP contribution in [0.25, 0.3) is 0 Å². The Morgan fingerprint density at radius 3 is 2.15 bits per heavy atom. The quantitative estimate of drug-likeness (QED) is 0.199. The Balaban J connectivity index is 0. The average Bonchev–Trinajstić information content (AvgIpc) is 3.32. The highest BCUT2D eigenvalue weighted by Gasteiger charge is 2.23. The molecule has 1 saturated carbocycles. The summed E-state index contributed by atoms with van der Waals surface area (Å²) < 4.78 is 16.0. The zero-order valence-corrected chi connectivity index (χ0v) is 23.8. The average molecular weight is 524 g/mol. The first kappa shape index (κ1) is 35.1. The van der Waals surface area contributed by atoms with E-state index < -0.39 is 13.4 Å². The summed E-state index contributed by atoms with van der Waals surface area (Å²) in [6.45, 7) is 8.55. The smallest absolute Gasteiger partial charge is 0.251 e. The summed E-state index contributed by atoms with van der Waals surface area (Å²) in [4.78, 5) is 32.7. The third-order valence-corrected chi connectivity index (χ3v) is 8.49. The van der Waals surface area contributed by atoms with Crippen molar-refractivity contribution in [2.24, 2.45) is 0 Å². The molecule has 3 unspecified atom stereocenters. The molecule has 0 saturated heterocycles. The van der Waals surface area contributed by atoms with E-state index in [0.717, 1.165) is 12.7 Å². The molecule has 200 valence electrons. The number of imide groups is 1. The number of amides is 2. The summed E-state index contributed by atoms with van der Waals surface area (Å²) in [6, 6.07) is -0.150. The van der Waals surface area contributed by atoms with Crippen molar-refractivity contribution < 1.29 is 28.4 Å². The second-order valence-electron chi connectivity index (χ2n) is 8.07. The Hall–Kier alpha value is -1.03. The minimum Gasteiger partial charge on any atom is -0.383 e. The van der Waals surface area contributed by atoms with E-state index in [9.17, 15) is 14.4 Å². The fourth-order valence-electron chi connectivity index (χ4n) is 2.25. The van der Waals surface area contributed by atoms with Crippen molar-refractivity contribution in [1.29, 1.82) is 0 Å². The molecular weight excluding hydrogens is 477 g/mol. The van der Waals surface area contributed by atoms with Crippen molar-refractivity contribution in [2.45, 2.75) is 83.3 Å². The monoisotopic (exact) mass is 523 g/mol. The van der Waals surface area contributed by atoms with Crippen LogP contribution in [0.1, 0.15) is 59.8 Å². The fraction of sp³-hybridized carbons (Fsp3) is 0.783. The highest BCUT2D eigenvalue weighted by atomic mass is 32.7. The van der Waals surface area contributed by atoms with Crippen LogP contribution in [0.5, 0.6) is 0 Å². The van der Waals surface area contributed by atoms with Gasteiger partial charge in [-0.25, -0.2) is 0 Å². The van der Waals surface area contributed by atoms with Gasteiger partial charge in [-0.15, -0.1) is 0 Å². The molecule has 1 rings (SSSR count). The van der Waals surface area contributed by atoms with Crippen LogP contribution in [0.3, 0.4) is 0 Å². The Morgan fingerprint density at radius 1 is 1.15 bits per heavy atom. The molecule has 1 fully saturated rings. The van der Waals surface area contributed by atoms with Crippen LogP contribution in [-0.4, -0.2) is 81.9 Å². The van der Waals surface area contributed by atoms with Crippen LogP contribution < -0.4 is 10.4 Å². The van der Waals surface area contributed by atoms with Crippen molar-refractivity contribution in [2.75, 3.05) is 34.9 Å². The van der Waals surface area contributed by atoms with Crippen LogP contribution in [0.2, 0.25) is 0 Å². The van der Waals surface area contributed by atoms with Crippen LogP contribution >= 0.6 is 18.9 Å². The largest absolute Gasteiger partial charge is 0.383 e. The van der Waals surface area contributed by atoms with E-state index >= 15 is 0 Å². The van der Waals surface area contributed by atoms with Gasteiger partial charge >= 0.3 is 0 Å². The normalized spacial score (nSPS) is 16.0. The van der Waals surface area contributed by atoms with Gasteiger partial charge in [0.05, 0.1) is 24.9 Å². The molecule has 0 aromatic heterocycles. The predicted molar refractivity (Wildman–Crippen MR) is 142 cm³/mol. The number of ether oxygens (including phenoxy) is 2. The molecule has 3 atom stereocenters. The summed E-state index contributed by atoms with van der Waals surface area (Å²) in [6.07, 6.45) is 10.8. The van der Waals surface area contributed by atoms with Gasteiger partial charge < -0.3 is 23.7 Å². The number of nitrogens with zero attached hydrogens (tertiary/aromatic N) is 1. The standard InChI is InChI=1S/C13H26NO3PS.C6H10N2O2.C4H10O/c1-4-12(16-3)10-17-18(14-11(2)9-15)19-13-7-5-6-8-13;1-8(2)4-3-6(10)7-5-9;1-4(2)5-3/h9,11-14H,4-8,10H2,1-3H3;3-5H,1-2H3,(H,7,9,10);4H,1-3H3/b;4-3-;. The summed E-state index contributed by atoms with van der Waals surface area (Å²) in [7, 11) is 6.17. The van der Waals surface area contributed by atoms with E-state index in [4.69, 9.17) is 14.0 Å². The summed E-state index contributed by atoms with van der Waals surface area (Å²) in [5.74, 6) is -0.413. The van der Waals surface area contributed by atoms with Gasteiger partial charge in [0, 0.05) is 45.8 Å². The first-order chi connectivity index (χ1) is 16.1. The lowest BCUT2D eigenvalue weighted by molar-refractivity contribution is -0.121. The molecule has 34 heavy (non-hydrogen) atoms. The second-order valence-corrected chi connectivity index (χ2v) is 11.6. The van der Waals surface area contributed by atoms with E-state index in [2.05, 4.69) is 12.0 Å². The SMILES string of the molecule is CCC(COP(NC(C)C=O)SC1CCCC1)OC.CN(C)/C=C\C(=O)NC=O.COC(C)C. The molecule has 0 heterocycles. The summed E-state index contributed by atoms with van der Waals surface area (Å²) in [5, 5.41) is 5.93. The number of carbonyl (C=O) groups excluding carboxylic acids is 3. The minimum atomic E-state index is -0.805. The Labute approximate surface area is 211 Å². The number of nitrogens with one attached hydrogen (secondary N) is 2. The van der Waals surface area contributed by atoms with Gasteiger partial charge in [0.2, 0.25) is 6.41 Å². The fourth-order valence-corrected chi connectivity index (χ4v) is 6.45. The maximum absolute atomic E-state index is 10.8. The molecule has 0 aromatic rings. The number of methoxy groups -OCH3 is 2. The lowest BCUT2D eigenvalue weighted by atomic mass is 10.3. The molecule has 1 aliphatic carbocycles. The topological polar surface area (TPSA) is 106 Å². The van der Waals surface area contributed by atoms with Crippen molar-refractivity contribution in [3.63, 3.8) is 0 Å². The highest BCUT2D eigenvalue weighted by Crippen LogP contribution is 2.53. The number of aldehydes is 1. The molecule has 11 heteroatoms. The van der Waals surface area contributed by atoms with E-state index in [1.54, 1.807) is 39.4 Å². The zero-order chi connectivity index (χ0) is 26.4. The van der Waals surface area contributed by atoms with Gasteiger partial charge in [-0.1, -0.05) is 31.1 Å². The van der Waals surface area contributed by atoms with E-state index in [0.29, 0.717) is 24.4 Å². The van der Waals surface area contributed by atoms with Gasteiger partial charge in [0.25, 0.3) is 5.91 Å². The molecule has 0 aliphatic heterocycles. The molecule has 1 aliphatic rings. The molecule has 0 radical (unpaired) electrons. The van der Waals surface area contributed by atoms with Crippen molar-refractivity contribution in [3.05, 3.63) is 12.3 Å². The van der Waals surface area contributed by atoms with Gasteiger partial charge in [0.15, 0.2) is 7.50 Å². The zero-order valence-electron chi connectivity index (χ0n) is 22.1. The summed E-state index contributed by atoms with van der Waals surface area (Å²) >= 11 is 1.88. The lowest BCUT2D eigenvalue weighted by Crippen LogP contribution is -2.24. The molecular formula is C23H46N3O6PS. The second kappa shape index (κ2) is 23.7. The molecule has 0 bridgehead atoms.